The Bertz CT molecular complexity index is 603. The second-order valence-corrected chi connectivity index (χ2v) is 5.21. The second-order valence-electron chi connectivity index (χ2n) is 4.01. The fourth-order valence-electron chi connectivity index (χ4n) is 1.58. The average Bonchev–Trinajstić information content (AvgIpc) is 2.68. The van der Waals surface area contributed by atoms with E-state index < -0.39 is 5.97 Å². The van der Waals surface area contributed by atoms with Crippen LogP contribution in [0.3, 0.4) is 0 Å². The third kappa shape index (κ3) is 2.85. The molecule has 100 valence electrons. The van der Waals surface area contributed by atoms with Gasteiger partial charge in [-0.15, -0.1) is 11.3 Å². The number of carboxylic acid groups (broad SMARTS) is 1. The molecule has 1 aromatic carbocycles. The summed E-state index contributed by atoms with van der Waals surface area (Å²) in [6.07, 6.45) is 0. The van der Waals surface area contributed by atoms with E-state index in [4.69, 9.17) is 9.84 Å². The summed E-state index contributed by atoms with van der Waals surface area (Å²) in [5.74, 6) is -0.396. The number of anilines is 2. The quantitative estimate of drug-likeness (QED) is 0.898. The van der Waals surface area contributed by atoms with Crippen LogP contribution in [-0.4, -0.2) is 23.2 Å². The zero-order valence-electron chi connectivity index (χ0n) is 10.9. The van der Waals surface area contributed by atoms with Crippen LogP contribution in [0.1, 0.15) is 20.9 Å². The van der Waals surface area contributed by atoms with Crippen molar-refractivity contribution in [2.24, 2.45) is 0 Å². The first-order valence-corrected chi connectivity index (χ1v) is 6.45. The number of hydrogen-bond acceptors (Lipinski definition) is 5. The molecule has 1 heterocycles. The molecule has 2 rings (SSSR count). The molecule has 0 radical (unpaired) electrons. The molecular formula is C13H14N2O3S. The van der Waals surface area contributed by atoms with Gasteiger partial charge in [0.05, 0.1) is 24.1 Å². The number of carboxylic acids is 1. The topological polar surface area (TPSA) is 71.5 Å². The van der Waals surface area contributed by atoms with Crippen LogP contribution in [0.15, 0.2) is 18.2 Å². The lowest BCUT2D eigenvalue weighted by Crippen LogP contribution is -2.00. The highest BCUT2D eigenvalue weighted by Crippen LogP contribution is 2.31. The molecule has 2 aromatic rings. The predicted molar refractivity (Wildman–Crippen MR) is 74.8 cm³/mol. The van der Waals surface area contributed by atoms with Crippen molar-refractivity contribution in [1.29, 1.82) is 0 Å². The summed E-state index contributed by atoms with van der Waals surface area (Å²) in [5, 5.41) is 12.8. The SMILES string of the molecule is COc1ccc(C(=O)O)cc1Nc1nc(C)c(C)s1. The highest BCUT2D eigenvalue weighted by molar-refractivity contribution is 7.15. The van der Waals surface area contributed by atoms with Gasteiger partial charge >= 0.3 is 5.97 Å². The van der Waals surface area contributed by atoms with Gasteiger partial charge in [-0.3, -0.25) is 0 Å². The molecule has 6 heteroatoms. The Balaban J connectivity index is 2.36. The van der Waals surface area contributed by atoms with Crippen molar-refractivity contribution in [3.8, 4) is 5.75 Å². The van der Waals surface area contributed by atoms with E-state index in [0.29, 0.717) is 11.4 Å². The number of ether oxygens (including phenoxy) is 1. The van der Waals surface area contributed by atoms with E-state index in [9.17, 15) is 4.79 Å². The van der Waals surface area contributed by atoms with Gasteiger partial charge in [0.25, 0.3) is 0 Å². The van der Waals surface area contributed by atoms with Crippen LogP contribution in [0.25, 0.3) is 0 Å². The molecule has 5 nitrogen and oxygen atoms in total. The van der Waals surface area contributed by atoms with E-state index in [1.807, 2.05) is 13.8 Å². The molecule has 19 heavy (non-hydrogen) atoms. The average molecular weight is 278 g/mol. The molecule has 0 aliphatic heterocycles. The molecule has 0 amide bonds. The van der Waals surface area contributed by atoms with Crippen LogP contribution < -0.4 is 10.1 Å². The molecule has 0 spiro atoms. The molecule has 1 aromatic heterocycles. The van der Waals surface area contributed by atoms with Crippen LogP contribution in [0.5, 0.6) is 5.75 Å². The van der Waals surface area contributed by atoms with E-state index in [1.54, 1.807) is 13.2 Å². The fraction of sp³-hybridized carbons (Fsp3) is 0.231. The van der Waals surface area contributed by atoms with Gasteiger partial charge in [-0.25, -0.2) is 9.78 Å². The first-order chi connectivity index (χ1) is 9.01. The number of aryl methyl sites for hydroxylation is 2. The number of hydrogen-bond donors (Lipinski definition) is 2. The van der Waals surface area contributed by atoms with Gasteiger partial charge in [-0.05, 0) is 32.0 Å². The molecule has 0 fully saturated rings. The van der Waals surface area contributed by atoms with E-state index in [1.165, 1.54) is 23.5 Å². The van der Waals surface area contributed by atoms with Crippen molar-refractivity contribution in [2.45, 2.75) is 13.8 Å². The van der Waals surface area contributed by atoms with Crippen LogP contribution in [0.4, 0.5) is 10.8 Å². The Morgan fingerprint density at radius 1 is 1.42 bits per heavy atom. The number of nitrogens with one attached hydrogen (secondary N) is 1. The van der Waals surface area contributed by atoms with Crippen LogP contribution in [0.2, 0.25) is 0 Å². The maximum absolute atomic E-state index is 11.0. The summed E-state index contributed by atoms with van der Waals surface area (Å²) in [7, 11) is 1.54. The number of aromatic carboxylic acids is 1. The Kier molecular flexibility index (Phi) is 3.71. The lowest BCUT2D eigenvalue weighted by molar-refractivity contribution is 0.0697. The van der Waals surface area contributed by atoms with Gasteiger partial charge in [0.15, 0.2) is 5.13 Å². The first kappa shape index (κ1) is 13.4. The van der Waals surface area contributed by atoms with E-state index in [0.717, 1.165) is 15.7 Å². The number of carbonyl (C=O) groups is 1. The number of rotatable bonds is 4. The summed E-state index contributed by atoms with van der Waals surface area (Å²) in [4.78, 5) is 16.5. The largest absolute Gasteiger partial charge is 0.495 e. The molecule has 0 saturated carbocycles. The Labute approximate surface area is 114 Å². The number of benzene rings is 1. The Morgan fingerprint density at radius 2 is 2.16 bits per heavy atom. The third-order valence-corrected chi connectivity index (χ3v) is 3.70. The Hall–Kier alpha value is -2.08. The fourth-order valence-corrected chi connectivity index (χ4v) is 2.41. The number of aromatic nitrogens is 1. The highest BCUT2D eigenvalue weighted by atomic mass is 32.1. The standard InChI is InChI=1S/C13H14N2O3S/c1-7-8(2)19-13(14-7)15-10-6-9(12(16)17)4-5-11(10)18-3/h4-6H,1-3H3,(H,14,15)(H,16,17). The van der Waals surface area contributed by atoms with E-state index in [2.05, 4.69) is 10.3 Å². The zero-order chi connectivity index (χ0) is 14.0. The Morgan fingerprint density at radius 3 is 2.68 bits per heavy atom. The highest BCUT2D eigenvalue weighted by Gasteiger charge is 2.11. The molecule has 0 unspecified atom stereocenters. The number of nitrogens with zero attached hydrogens (tertiary/aromatic N) is 1. The smallest absolute Gasteiger partial charge is 0.335 e. The van der Waals surface area contributed by atoms with Crippen LogP contribution in [0, 0.1) is 13.8 Å². The minimum Gasteiger partial charge on any atom is -0.495 e. The lowest BCUT2D eigenvalue weighted by Gasteiger charge is -2.09. The summed E-state index contributed by atoms with van der Waals surface area (Å²) in [6.45, 7) is 3.92. The first-order valence-electron chi connectivity index (χ1n) is 5.63. The molecule has 0 bridgehead atoms. The monoisotopic (exact) mass is 278 g/mol. The zero-order valence-corrected chi connectivity index (χ0v) is 11.7. The van der Waals surface area contributed by atoms with Gasteiger partial charge in [0.1, 0.15) is 5.75 Å². The minimum atomic E-state index is -0.975. The maximum Gasteiger partial charge on any atom is 0.335 e. The van der Waals surface area contributed by atoms with Gasteiger partial charge < -0.3 is 15.2 Å². The molecule has 0 aliphatic rings. The normalized spacial score (nSPS) is 10.3. The van der Waals surface area contributed by atoms with Crippen molar-refractivity contribution in [2.75, 3.05) is 12.4 Å². The molecular weight excluding hydrogens is 264 g/mol. The second kappa shape index (κ2) is 5.27. The van der Waals surface area contributed by atoms with Gasteiger partial charge in [0, 0.05) is 4.88 Å². The van der Waals surface area contributed by atoms with E-state index >= 15 is 0 Å². The summed E-state index contributed by atoms with van der Waals surface area (Å²) < 4.78 is 5.21. The third-order valence-electron chi connectivity index (χ3n) is 2.72. The van der Waals surface area contributed by atoms with Crippen molar-refractivity contribution in [1.82, 2.24) is 4.98 Å². The summed E-state index contributed by atoms with van der Waals surface area (Å²) in [6, 6.07) is 4.66. The van der Waals surface area contributed by atoms with Crippen LogP contribution in [-0.2, 0) is 0 Å². The van der Waals surface area contributed by atoms with Gasteiger partial charge in [-0.2, -0.15) is 0 Å². The molecule has 0 atom stereocenters. The van der Waals surface area contributed by atoms with Crippen molar-refractivity contribution in [3.63, 3.8) is 0 Å². The minimum absolute atomic E-state index is 0.202. The van der Waals surface area contributed by atoms with Crippen molar-refractivity contribution in [3.05, 3.63) is 34.3 Å². The number of thiazole rings is 1. The summed E-state index contributed by atoms with van der Waals surface area (Å²) >= 11 is 1.52. The van der Waals surface area contributed by atoms with Gasteiger partial charge in [-0.1, -0.05) is 0 Å². The van der Waals surface area contributed by atoms with E-state index in [-0.39, 0.29) is 5.56 Å². The predicted octanol–water partition coefficient (Wildman–Crippen LogP) is 3.21. The number of methoxy groups -OCH3 is 1. The molecule has 0 aliphatic carbocycles. The lowest BCUT2D eigenvalue weighted by atomic mass is 10.2. The molecule has 2 N–H and O–H groups in total. The van der Waals surface area contributed by atoms with Crippen molar-refractivity contribution >= 4 is 28.1 Å². The van der Waals surface area contributed by atoms with Crippen molar-refractivity contribution < 1.29 is 14.6 Å². The molecule has 0 saturated heterocycles. The van der Waals surface area contributed by atoms with Gasteiger partial charge in [0.2, 0.25) is 0 Å². The van der Waals surface area contributed by atoms with Crippen LogP contribution >= 0.6 is 11.3 Å². The summed E-state index contributed by atoms with van der Waals surface area (Å²) in [5.41, 5.74) is 1.75. The maximum atomic E-state index is 11.0.